The molecule has 0 amide bonds. The maximum absolute atomic E-state index is 5.85. The normalized spacial score (nSPS) is 13.2. The van der Waals surface area contributed by atoms with E-state index in [9.17, 15) is 0 Å². The molecule has 3 heteroatoms. The molecular weight excluding hydrogens is 162 g/mol. The average Bonchev–Trinajstić information content (AvgIpc) is 2.48. The fourth-order valence-electron chi connectivity index (χ4n) is 1.42. The summed E-state index contributed by atoms with van der Waals surface area (Å²) < 4.78 is 2.03. The topological polar surface area (TPSA) is 43.8 Å². The number of rotatable bonds is 4. The lowest BCUT2D eigenvalue weighted by molar-refractivity contribution is 0.548. The maximum Gasteiger partial charge on any atom is 0.0625 e. The van der Waals surface area contributed by atoms with E-state index in [0.717, 1.165) is 30.8 Å². The molecule has 0 spiro atoms. The lowest BCUT2D eigenvalue weighted by Crippen LogP contribution is -2.13. The molecule has 1 aromatic heterocycles. The molecule has 0 saturated carbocycles. The third-order valence-electron chi connectivity index (χ3n) is 2.13. The minimum atomic E-state index is 0.0827. The van der Waals surface area contributed by atoms with Crippen LogP contribution in [0.2, 0.25) is 0 Å². The van der Waals surface area contributed by atoms with E-state index in [2.05, 4.69) is 25.0 Å². The Kier molecular flexibility index (Phi) is 3.48. The summed E-state index contributed by atoms with van der Waals surface area (Å²) in [6.07, 6.45) is 2.08. The van der Waals surface area contributed by atoms with Gasteiger partial charge in [0.1, 0.15) is 0 Å². The Morgan fingerprint density at radius 1 is 1.54 bits per heavy atom. The smallest absolute Gasteiger partial charge is 0.0625 e. The summed E-state index contributed by atoms with van der Waals surface area (Å²) in [6.45, 7) is 7.24. The van der Waals surface area contributed by atoms with Crippen molar-refractivity contribution in [3.05, 3.63) is 17.5 Å². The summed E-state index contributed by atoms with van der Waals surface area (Å²) in [6, 6.07) is 2.19. The molecule has 0 radical (unpaired) electrons. The van der Waals surface area contributed by atoms with Gasteiger partial charge in [-0.15, -0.1) is 0 Å². The molecule has 0 aliphatic heterocycles. The molecule has 1 aromatic rings. The van der Waals surface area contributed by atoms with E-state index in [0.29, 0.717) is 0 Å². The highest BCUT2D eigenvalue weighted by Crippen LogP contribution is 2.12. The Morgan fingerprint density at radius 3 is 2.69 bits per heavy atom. The zero-order valence-electron chi connectivity index (χ0n) is 8.75. The van der Waals surface area contributed by atoms with Gasteiger partial charge in [0.15, 0.2) is 0 Å². The summed E-state index contributed by atoms with van der Waals surface area (Å²) in [5.41, 5.74) is 8.14. The van der Waals surface area contributed by atoms with Gasteiger partial charge in [-0.25, -0.2) is 0 Å². The number of nitrogens with zero attached hydrogens (tertiary/aromatic N) is 2. The highest BCUT2D eigenvalue weighted by molar-refractivity contribution is 5.13. The van der Waals surface area contributed by atoms with Gasteiger partial charge in [-0.05, 0) is 25.8 Å². The monoisotopic (exact) mass is 181 g/mol. The van der Waals surface area contributed by atoms with Crippen LogP contribution in [0.4, 0.5) is 0 Å². The van der Waals surface area contributed by atoms with Crippen LogP contribution in [0.1, 0.15) is 44.6 Å². The van der Waals surface area contributed by atoms with E-state index in [1.165, 1.54) is 0 Å². The standard InChI is InChI=1S/C10H19N3/c1-4-6-13-10(8(3)11)7-9(5-2)12-13/h7-8H,4-6,11H2,1-3H3. The van der Waals surface area contributed by atoms with Gasteiger partial charge in [-0.2, -0.15) is 5.10 Å². The first kappa shape index (κ1) is 10.3. The van der Waals surface area contributed by atoms with Crippen LogP contribution in [0, 0.1) is 0 Å². The van der Waals surface area contributed by atoms with Gasteiger partial charge in [0.25, 0.3) is 0 Å². The van der Waals surface area contributed by atoms with Crippen LogP contribution in [0.25, 0.3) is 0 Å². The molecule has 2 N–H and O–H groups in total. The van der Waals surface area contributed by atoms with Crippen LogP contribution in [0.5, 0.6) is 0 Å². The first-order valence-electron chi connectivity index (χ1n) is 5.01. The van der Waals surface area contributed by atoms with Crippen molar-refractivity contribution in [1.29, 1.82) is 0 Å². The lowest BCUT2D eigenvalue weighted by atomic mass is 10.2. The molecule has 0 bridgehead atoms. The zero-order valence-corrected chi connectivity index (χ0v) is 8.75. The Hall–Kier alpha value is -0.830. The van der Waals surface area contributed by atoms with E-state index < -0.39 is 0 Å². The quantitative estimate of drug-likeness (QED) is 0.770. The van der Waals surface area contributed by atoms with Crippen LogP contribution in [-0.2, 0) is 13.0 Å². The minimum absolute atomic E-state index is 0.0827. The van der Waals surface area contributed by atoms with Crippen molar-refractivity contribution in [2.75, 3.05) is 0 Å². The summed E-state index contributed by atoms with van der Waals surface area (Å²) in [5, 5.41) is 4.48. The first-order valence-corrected chi connectivity index (χ1v) is 5.01. The van der Waals surface area contributed by atoms with E-state index in [4.69, 9.17) is 5.73 Å². The number of hydrogen-bond donors (Lipinski definition) is 1. The fourth-order valence-corrected chi connectivity index (χ4v) is 1.42. The Bertz CT molecular complexity index is 263. The highest BCUT2D eigenvalue weighted by Gasteiger charge is 2.09. The first-order chi connectivity index (χ1) is 6.19. The largest absolute Gasteiger partial charge is 0.323 e. The molecule has 3 nitrogen and oxygen atoms in total. The SMILES string of the molecule is CCCn1nc(CC)cc1C(C)N. The van der Waals surface area contributed by atoms with Crippen LogP contribution >= 0.6 is 0 Å². The Balaban J connectivity index is 2.93. The predicted octanol–water partition coefficient (Wildman–Crippen LogP) is 1.88. The molecule has 74 valence electrons. The zero-order chi connectivity index (χ0) is 9.84. The lowest BCUT2D eigenvalue weighted by Gasteiger charge is -2.07. The second-order valence-corrected chi connectivity index (χ2v) is 3.43. The number of nitrogens with two attached hydrogens (primary N) is 1. The predicted molar refractivity (Wildman–Crippen MR) is 54.5 cm³/mol. The van der Waals surface area contributed by atoms with E-state index >= 15 is 0 Å². The van der Waals surface area contributed by atoms with Crippen LogP contribution < -0.4 is 5.73 Å². The van der Waals surface area contributed by atoms with Crippen LogP contribution in [0.3, 0.4) is 0 Å². The van der Waals surface area contributed by atoms with Gasteiger partial charge < -0.3 is 5.73 Å². The van der Waals surface area contributed by atoms with E-state index in [-0.39, 0.29) is 6.04 Å². The van der Waals surface area contributed by atoms with Gasteiger partial charge in [0.05, 0.1) is 11.4 Å². The summed E-state index contributed by atoms with van der Waals surface area (Å²) >= 11 is 0. The molecule has 13 heavy (non-hydrogen) atoms. The molecule has 0 saturated heterocycles. The molecule has 0 fully saturated rings. The molecule has 0 aliphatic rings. The van der Waals surface area contributed by atoms with Crippen molar-refractivity contribution in [2.24, 2.45) is 5.73 Å². The van der Waals surface area contributed by atoms with Crippen LogP contribution in [-0.4, -0.2) is 9.78 Å². The van der Waals surface area contributed by atoms with Gasteiger partial charge in [-0.3, -0.25) is 4.68 Å². The second-order valence-electron chi connectivity index (χ2n) is 3.43. The highest BCUT2D eigenvalue weighted by atomic mass is 15.3. The summed E-state index contributed by atoms with van der Waals surface area (Å²) in [4.78, 5) is 0. The minimum Gasteiger partial charge on any atom is -0.323 e. The van der Waals surface area contributed by atoms with Crippen molar-refractivity contribution in [3.8, 4) is 0 Å². The summed E-state index contributed by atoms with van der Waals surface area (Å²) in [7, 11) is 0. The van der Waals surface area contributed by atoms with Crippen molar-refractivity contribution >= 4 is 0 Å². The number of aromatic nitrogens is 2. The van der Waals surface area contributed by atoms with Gasteiger partial charge in [0, 0.05) is 12.6 Å². The molecule has 1 atom stereocenters. The molecule has 1 rings (SSSR count). The third-order valence-corrected chi connectivity index (χ3v) is 2.13. The van der Waals surface area contributed by atoms with E-state index in [1.807, 2.05) is 11.6 Å². The Morgan fingerprint density at radius 2 is 2.23 bits per heavy atom. The van der Waals surface area contributed by atoms with Crippen molar-refractivity contribution < 1.29 is 0 Å². The Labute approximate surface area is 79.9 Å². The third kappa shape index (κ3) is 2.31. The molecule has 0 aliphatic carbocycles. The maximum atomic E-state index is 5.85. The number of hydrogen-bond acceptors (Lipinski definition) is 2. The van der Waals surface area contributed by atoms with Crippen molar-refractivity contribution in [3.63, 3.8) is 0 Å². The molecule has 1 heterocycles. The molecular formula is C10H19N3. The molecule has 1 unspecified atom stereocenters. The van der Waals surface area contributed by atoms with Gasteiger partial charge >= 0.3 is 0 Å². The number of aryl methyl sites for hydroxylation is 2. The van der Waals surface area contributed by atoms with Crippen LogP contribution in [0.15, 0.2) is 6.07 Å². The molecule has 0 aromatic carbocycles. The summed E-state index contributed by atoms with van der Waals surface area (Å²) in [5.74, 6) is 0. The fraction of sp³-hybridized carbons (Fsp3) is 0.700. The van der Waals surface area contributed by atoms with Gasteiger partial charge in [0.2, 0.25) is 0 Å². The van der Waals surface area contributed by atoms with E-state index in [1.54, 1.807) is 0 Å². The average molecular weight is 181 g/mol. The van der Waals surface area contributed by atoms with Crippen molar-refractivity contribution in [2.45, 2.75) is 46.2 Å². The van der Waals surface area contributed by atoms with Gasteiger partial charge in [-0.1, -0.05) is 13.8 Å². The van der Waals surface area contributed by atoms with Crippen molar-refractivity contribution in [1.82, 2.24) is 9.78 Å². The second kappa shape index (κ2) is 4.42.